The van der Waals surface area contributed by atoms with Gasteiger partial charge in [0.05, 0.1) is 18.3 Å². The highest BCUT2D eigenvalue weighted by Gasteiger charge is 2.40. The van der Waals surface area contributed by atoms with E-state index in [2.05, 4.69) is 15.1 Å². The third kappa shape index (κ3) is 4.37. The van der Waals surface area contributed by atoms with E-state index in [0.717, 1.165) is 10.8 Å². The van der Waals surface area contributed by atoms with E-state index in [1.54, 1.807) is 34.1 Å². The van der Waals surface area contributed by atoms with Crippen molar-refractivity contribution in [2.24, 2.45) is 0 Å². The SMILES string of the molecule is COc1nc(C(=O)N2CCN(C(=O)c3ncn(-c4cccc(Cl)c4)n3)C(C)(C)C2)cc2ccccc12. The molecule has 0 unspecified atom stereocenters. The van der Waals surface area contributed by atoms with Crippen molar-refractivity contribution in [1.82, 2.24) is 29.5 Å². The molecule has 3 heterocycles. The molecule has 1 aliphatic rings. The van der Waals surface area contributed by atoms with E-state index in [0.29, 0.717) is 41.9 Å². The molecular formula is C26H25ClN6O3. The molecule has 36 heavy (non-hydrogen) atoms. The first kappa shape index (κ1) is 23.7. The van der Waals surface area contributed by atoms with E-state index >= 15 is 0 Å². The minimum atomic E-state index is -0.645. The van der Waals surface area contributed by atoms with Crippen LogP contribution in [0.15, 0.2) is 60.9 Å². The fourth-order valence-corrected chi connectivity index (χ4v) is 4.71. The Balaban J connectivity index is 1.34. The maximum absolute atomic E-state index is 13.4. The summed E-state index contributed by atoms with van der Waals surface area (Å²) in [5, 5.41) is 6.65. The molecule has 0 N–H and O–H groups in total. The average Bonchev–Trinajstić information content (AvgIpc) is 3.37. The molecule has 2 aromatic heterocycles. The van der Waals surface area contributed by atoms with Crippen molar-refractivity contribution in [2.75, 3.05) is 26.7 Å². The Kier molecular flexibility index (Phi) is 6.09. The predicted octanol–water partition coefficient (Wildman–Crippen LogP) is 3.85. The monoisotopic (exact) mass is 504 g/mol. The van der Waals surface area contributed by atoms with Crippen molar-refractivity contribution in [2.45, 2.75) is 19.4 Å². The Morgan fingerprint density at radius 3 is 2.58 bits per heavy atom. The van der Waals surface area contributed by atoms with Crippen LogP contribution in [0.4, 0.5) is 0 Å². The molecule has 0 aliphatic carbocycles. The molecule has 2 aromatic carbocycles. The van der Waals surface area contributed by atoms with Crippen LogP contribution in [0.3, 0.4) is 0 Å². The van der Waals surface area contributed by atoms with Gasteiger partial charge in [-0.25, -0.2) is 14.6 Å². The van der Waals surface area contributed by atoms with Gasteiger partial charge in [-0.3, -0.25) is 9.59 Å². The number of aromatic nitrogens is 4. The number of hydrogen-bond acceptors (Lipinski definition) is 6. The minimum absolute atomic E-state index is 0.0868. The fourth-order valence-electron chi connectivity index (χ4n) is 4.52. The van der Waals surface area contributed by atoms with Crippen molar-refractivity contribution < 1.29 is 14.3 Å². The molecule has 2 amide bonds. The third-order valence-electron chi connectivity index (χ3n) is 6.31. The maximum atomic E-state index is 13.4. The van der Waals surface area contributed by atoms with Gasteiger partial charge in [0.15, 0.2) is 0 Å². The first-order valence-electron chi connectivity index (χ1n) is 11.5. The zero-order valence-electron chi connectivity index (χ0n) is 20.2. The number of ether oxygens (including phenoxy) is 1. The molecule has 1 saturated heterocycles. The number of benzene rings is 2. The number of hydrogen-bond donors (Lipinski definition) is 0. The van der Waals surface area contributed by atoms with Crippen LogP contribution in [0.25, 0.3) is 16.5 Å². The molecule has 1 aliphatic heterocycles. The maximum Gasteiger partial charge on any atom is 0.294 e. The Labute approximate surface area is 213 Å². The van der Waals surface area contributed by atoms with Crippen molar-refractivity contribution in [3.63, 3.8) is 0 Å². The van der Waals surface area contributed by atoms with Gasteiger partial charge in [0.2, 0.25) is 11.7 Å². The summed E-state index contributed by atoms with van der Waals surface area (Å²) in [7, 11) is 1.54. The van der Waals surface area contributed by atoms with Crippen LogP contribution < -0.4 is 4.74 Å². The lowest BCUT2D eigenvalue weighted by molar-refractivity contribution is 0.0158. The molecule has 9 nitrogen and oxygen atoms in total. The van der Waals surface area contributed by atoms with E-state index in [9.17, 15) is 9.59 Å². The summed E-state index contributed by atoms with van der Waals surface area (Å²) in [5.41, 5.74) is 0.373. The number of fused-ring (bicyclic) bond motifs is 1. The second-order valence-electron chi connectivity index (χ2n) is 9.23. The largest absolute Gasteiger partial charge is 0.481 e. The van der Waals surface area contributed by atoms with Gasteiger partial charge >= 0.3 is 0 Å². The smallest absolute Gasteiger partial charge is 0.294 e. The van der Waals surface area contributed by atoms with Gasteiger partial charge in [-0.05, 0) is 49.6 Å². The van der Waals surface area contributed by atoms with Crippen molar-refractivity contribution in [1.29, 1.82) is 0 Å². The topological polar surface area (TPSA) is 93.5 Å². The molecule has 4 aromatic rings. The number of methoxy groups -OCH3 is 1. The van der Waals surface area contributed by atoms with Gasteiger partial charge in [0.25, 0.3) is 11.8 Å². The zero-order chi connectivity index (χ0) is 25.4. The number of rotatable bonds is 4. The number of amides is 2. The Morgan fingerprint density at radius 2 is 1.83 bits per heavy atom. The van der Waals surface area contributed by atoms with Crippen molar-refractivity contribution in [3.8, 4) is 11.6 Å². The number of pyridine rings is 1. The van der Waals surface area contributed by atoms with Crippen molar-refractivity contribution in [3.05, 3.63) is 77.5 Å². The summed E-state index contributed by atoms with van der Waals surface area (Å²) in [4.78, 5) is 38.8. The summed E-state index contributed by atoms with van der Waals surface area (Å²) in [6.07, 6.45) is 1.49. The Hall–Kier alpha value is -3.98. The van der Waals surface area contributed by atoms with Crippen LogP contribution in [0.5, 0.6) is 5.88 Å². The van der Waals surface area contributed by atoms with Crippen LogP contribution in [-0.4, -0.2) is 73.6 Å². The molecule has 0 radical (unpaired) electrons. The molecule has 10 heteroatoms. The highest BCUT2D eigenvalue weighted by atomic mass is 35.5. The quantitative estimate of drug-likeness (QED) is 0.419. The lowest BCUT2D eigenvalue weighted by Crippen LogP contribution is -2.62. The molecule has 1 fully saturated rings. The Bertz CT molecular complexity index is 1470. The van der Waals surface area contributed by atoms with Gasteiger partial charge in [-0.15, -0.1) is 5.10 Å². The summed E-state index contributed by atoms with van der Waals surface area (Å²) in [5.74, 6) is -0.00406. The number of piperazine rings is 1. The predicted molar refractivity (Wildman–Crippen MR) is 136 cm³/mol. The van der Waals surface area contributed by atoms with Crippen LogP contribution in [0.1, 0.15) is 35.0 Å². The normalized spacial score (nSPS) is 15.2. The van der Waals surface area contributed by atoms with Gasteiger partial charge < -0.3 is 14.5 Å². The van der Waals surface area contributed by atoms with Gasteiger partial charge in [0.1, 0.15) is 12.0 Å². The molecule has 5 rings (SSSR count). The Morgan fingerprint density at radius 1 is 1.03 bits per heavy atom. The number of carbonyl (C=O) groups is 2. The van der Waals surface area contributed by atoms with Crippen LogP contribution in [0.2, 0.25) is 5.02 Å². The van der Waals surface area contributed by atoms with Crippen LogP contribution in [0, 0.1) is 0 Å². The second kappa shape index (κ2) is 9.23. The van der Waals surface area contributed by atoms with Crippen molar-refractivity contribution >= 4 is 34.2 Å². The standard InChI is InChI=1S/C26H25ClN6O3/c1-26(2)15-31(24(34)21-13-17-7-4-5-10-20(17)23(29-21)36-3)11-12-32(26)25(35)22-28-16-33(30-22)19-9-6-8-18(27)14-19/h4-10,13-14,16H,11-12,15H2,1-3H3. The first-order chi connectivity index (χ1) is 17.3. The first-order valence-corrected chi connectivity index (χ1v) is 11.9. The number of nitrogens with zero attached hydrogens (tertiary/aromatic N) is 6. The van der Waals surface area contributed by atoms with E-state index in [1.165, 1.54) is 18.1 Å². The molecule has 184 valence electrons. The molecule has 0 spiro atoms. The van der Waals surface area contributed by atoms with E-state index in [-0.39, 0.29) is 17.6 Å². The highest BCUT2D eigenvalue weighted by Crippen LogP contribution is 2.27. The van der Waals surface area contributed by atoms with Gasteiger partial charge in [-0.2, -0.15) is 0 Å². The zero-order valence-corrected chi connectivity index (χ0v) is 20.9. The summed E-state index contributed by atoms with van der Waals surface area (Å²) in [6.45, 7) is 4.89. The van der Waals surface area contributed by atoms with Gasteiger partial charge in [0, 0.05) is 30.0 Å². The molecule has 0 bridgehead atoms. The lowest BCUT2D eigenvalue weighted by Gasteiger charge is -2.46. The molecule has 0 saturated carbocycles. The second-order valence-corrected chi connectivity index (χ2v) is 9.66. The third-order valence-corrected chi connectivity index (χ3v) is 6.54. The van der Waals surface area contributed by atoms with E-state index in [1.807, 2.05) is 44.2 Å². The fraction of sp³-hybridized carbons (Fsp3) is 0.269. The van der Waals surface area contributed by atoms with Crippen LogP contribution in [-0.2, 0) is 0 Å². The minimum Gasteiger partial charge on any atom is -0.481 e. The van der Waals surface area contributed by atoms with E-state index < -0.39 is 5.54 Å². The lowest BCUT2D eigenvalue weighted by atomic mass is 9.98. The van der Waals surface area contributed by atoms with Crippen LogP contribution >= 0.6 is 11.6 Å². The number of carbonyl (C=O) groups excluding carboxylic acids is 2. The summed E-state index contributed by atoms with van der Waals surface area (Å²) in [6, 6.07) is 16.6. The summed E-state index contributed by atoms with van der Waals surface area (Å²) < 4.78 is 6.95. The number of halogens is 1. The summed E-state index contributed by atoms with van der Waals surface area (Å²) >= 11 is 6.07. The van der Waals surface area contributed by atoms with E-state index in [4.69, 9.17) is 16.3 Å². The average molecular weight is 505 g/mol. The molecule has 0 atom stereocenters. The van der Waals surface area contributed by atoms with Gasteiger partial charge in [-0.1, -0.05) is 35.9 Å². The highest BCUT2D eigenvalue weighted by molar-refractivity contribution is 6.30. The molecular weight excluding hydrogens is 480 g/mol.